The molecule has 1 saturated carbocycles. The summed E-state index contributed by atoms with van der Waals surface area (Å²) in [5, 5.41) is 13.0. The minimum absolute atomic E-state index is 0.231. The lowest BCUT2D eigenvalue weighted by Gasteiger charge is -2.36. The van der Waals surface area contributed by atoms with E-state index in [0.29, 0.717) is 24.9 Å². The van der Waals surface area contributed by atoms with Gasteiger partial charge in [0.15, 0.2) is 0 Å². The molecule has 2 aromatic heterocycles. The Bertz CT molecular complexity index is 1420. The average Bonchev–Trinajstić information content (AvgIpc) is 3.14. The first-order chi connectivity index (χ1) is 16.6. The fourth-order valence-electron chi connectivity index (χ4n) is 4.72. The summed E-state index contributed by atoms with van der Waals surface area (Å²) in [6.07, 6.45) is -1.15. The lowest BCUT2D eigenvalue weighted by Crippen LogP contribution is -2.49. The van der Waals surface area contributed by atoms with E-state index in [2.05, 4.69) is 19.4 Å². The molecule has 8 nitrogen and oxygen atoms in total. The molecule has 1 aliphatic rings. The van der Waals surface area contributed by atoms with Gasteiger partial charge < -0.3 is 14.4 Å². The second kappa shape index (κ2) is 8.77. The summed E-state index contributed by atoms with van der Waals surface area (Å²) in [7, 11) is -4.11. The number of para-hydroxylation sites is 1. The molecule has 3 atom stereocenters. The molecule has 0 aliphatic heterocycles. The van der Waals surface area contributed by atoms with Crippen LogP contribution in [0, 0.1) is 0 Å². The highest BCUT2D eigenvalue weighted by atomic mass is 32.2. The summed E-state index contributed by atoms with van der Waals surface area (Å²) in [4.78, 5) is 8.30. The smallest absolute Gasteiger partial charge is 0.406 e. The van der Waals surface area contributed by atoms with Gasteiger partial charge in [0.05, 0.1) is 28.6 Å². The molecule has 184 valence electrons. The van der Waals surface area contributed by atoms with E-state index in [1.165, 1.54) is 6.33 Å². The van der Waals surface area contributed by atoms with Gasteiger partial charge in [0.2, 0.25) is 10.0 Å². The molecule has 3 unspecified atom stereocenters. The van der Waals surface area contributed by atoms with Crippen molar-refractivity contribution in [1.29, 1.82) is 0 Å². The van der Waals surface area contributed by atoms with Crippen LogP contribution in [0.25, 0.3) is 21.9 Å². The summed E-state index contributed by atoms with van der Waals surface area (Å²) in [6.45, 7) is 0. The Hall–Kier alpha value is -3.22. The molecule has 1 fully saturated rings. The Morgan fingerprint density at radius 3 is 2.54 bits per heavy atom. The average molecular weight is 507 g/mol. The molecule has 0 saturated heterocycles. The minimum atomic E-state index is -4.88. The highest BCUT2D eigenvalue weighted by Gasteiger charge is 2.37. The van der Waals surface area contributed by atoms with Crippen molar-refractivity contribution < 1.29 is 31.4 Å². The van der Waals surface area contributed by atoms with Crippen LogP contribution in [0.1, 0.15) is 25.3 Å². The third kappa shape index (κ3) is 4.56. The van der Waals surface area contributed by atoms with Gasteiger partial charge in [-0.25, -0.2) is 23.1 Å². The molecule has 0 amide bonds. The number of benzene rings is 2. The first-order valence-corrected chi connectivity index (χ1v) is 12.4. The third-order valence-corrected chi connectivity index (χ3v) is 7.71. The number of hydrogen-bond donors (Lipinski definition) is 2. The lowest BCUT2D eigenvalue weighted by atomic mass is 9.88. The van der Waals surface area contributed by atoms with E-state index in [9.17, 15) is 26.7 Å². The molecule has 4 aromatic rings. The molecule has 0 radical (unpaired) electrons. The van der Waals surface area contributed by atoms with Crippen molar-refractivity contribution in [2.45, 2.75) is 48.7 Å². The first kappa shape index (κ1) is 23.5. The van der Waals surface area contributed by atoms with Gasteiger partial charge in [-0.2, -0.15) is 0 Å². The molecule has 2 aromatic carbocycles. The highest BCUT2D eigenvalue weighted by Crippen LogP contribution is 2.37. The number of aliphatic hydroxyl groups is 1. The second-order valence-electron chi connectivity index (χ2n) is 8.38. The summed E-state index contributed by atoms with van der Waals surface area (Å²) in [6, 6.07) is 10.3. The van der Waals surface area contributed by atoms with Crippen LogP contribution in [0.3, 0.4) is 0 Å². The van der Waals surface area contributed by atoms with Crippen molar-refractivity contribution in [3.05, 3.63) is 61.1 Å². The van der Waals surface area contributed by atoms with Gasteiger partial charge in [0.1, 0.15) is 17.7 Å². The van der Waals surface area contributed by atoms with Crippen molar-refractivity contribution in [2.24, 2.45) is 0 Å². The van der Waals surface area contributed by atoms with Crippen molar-refractivity contribution in [2.75, 3.05) is 0 Å². The standard InChI is InChI=1S/C23H21F3N4O4S/c24-23(25,26)34-14-8-10-15(11-9-14)35(32,33)29-18-5-3-7-20(21(18)31)30-19-6-2-1-4-16(19)17-12-27-13-28-22(17)30/h1-2,4,6,8-13,18,20-21,29,31H,3,5,7H2. The van der Waals surface area contributed by atoms with Gasteiger partial charge in [0, 0.05) is 17.0 Å². The van der Waals surface area contributed by atoms with Crippen LogP contribution in [0.2, 0.25) is 0 Å². The maximum atomic E-state index is 12.9. The molecule has 0 bridgehead atoms. The van der Waals surface area contributed by atoms with Crippen LogP contribution < -0.4 is 9.46 Å². The Morgan fingerprint density at radius 1 is 1.06 bits per heavy atom. The number of aromatic nitrogens is 3. The molecule has 35 heavy (non-hydrogen) atoms. The molecule has 0 spiro atoms. The minimum Gasteiger partial charge on any atom is -0.406 e. The van der Waals surface area contributed by atoms with Gasteiger partial charge in [-0.3, -0.25) is 0 Å². The number of nitrogens with zero attached hydrogens (tertiary/aromatic N) is 3. The fraction of sp³-hybridized carbons (Fsp3) is 0.304. The van der Waals surface area contributed by atoms with E-state index < -0.39 is 40.3 Å². The number of rotatable bonds is 5. The second-order valence-corrected chi connectivity index (χ2v) is 10.1. The Labute approximate surface area is 198 Å². The Balaban J connectivity index is 1.42. The van der Waals surface area contributed by atoms with E-state index in [0.717, 1.165) is 40.6 Å². The van der Waals surface area contributed by atoms with Crippen LogP contribution in [-0.2, 0) is 10.0 Å². The zero-order valence-corrected chi connectivity index (χ0v) is 19.0. The summed E-state index contributed by atoms with van der Waals surface area (Å²) in [5.74, 6) is -0.525. The van der Waals surface area contributed by atoms with Crippen molar-refractivity contribution in [1.82, 2.24) is 19.3 Å². The highest BCUT2D eigenvalue weighted by molar-refractivity contribution is 7.89. The summed E-state index contributed by atoms with van der Waals surface area (Å²) < 4.78 is 71.3. The largest absolute Gasteiger partial charge is 0.573 e. The molecular weight excluding hydrogens is 485 g/mol. The summed E-state index contributed by atoms with van der Waals surface area (Å²) >= 11 is 0. The zero-order chi connectivity index (χ0) is 24.8. The van der Waals surface area contributed by atoms with E-state index >= 15 is 0 Å². The molecule has 12 heteroatoms. The normalized spacial score (nSPS) is 21.4. The molecule has 2 N–H and O–H groups in total. The van der Waals surface area contributed by atoms with Gasteiger partial charge >= 0.3 is 6.36 Å². The van der Waals surface area contributed by atoms with E-state index in [1.54, 1.807) is 6.20 Å². The van der Waals surface area contributed by atoms with Gasteiger partial charge in [-0.15, -0.1) is 13.2 Å². The topological polar surface area (TPSA) is 106 Å². The maximum absolute atomic E-state index is 12.9. The van der Waals surface area contributed by atoms with Crippen LogP contribution in [-0.4, -0.2) is 46.6 Å². The van der Waals surface area contributed by atoms with Crippen molar-refractivity contribution >= 4 is 32.0 Å². The van der Waals surface area contributed by atoms with Crippen LogP contribution >= 0.6 is 0 Å². The van der Waals surface area contributed by atoms with Gasteiger partial charge in [0.25, 0.3) is 0 Å². The van der Waals surface area contributed by atoms with Crippen LogP contribution in [0.5, 0.6) is 5.75 Å². The maximum Gasteiger partial charge on any atom is 0.573 e. The number of halogens is 3. The molecule has 1 aliphatic carbocycles. The summed E-state index contributed by atoms with van der Waals surface area (Å²) in [5.41, 5.74) is 1.50. The molecule has 2 heterocycles. The first-order valence-electron chi connectivity index (χ1n) is 10.9. The number of ether oxygens (including phenoxy) is 1. The number of fused-ring (bicyclic) bond motifs is 3. The number of sulfonamides is 1. The van der Waals surface area contributed by atoms with Crippen molar-refractivity contribution in [3.63, 3.8) is 0 Å². The zero-order valence-electron chi connectivity index (χ0n) is 18.2. The van der Waals surface area contributed by atoms with Crippen molar-refractivity contribution in [3.8, 4) is 5.75 Å². The number of alkyl halides is 3. The molecule has 5 rings (SSSR count). The number of hydrogen-bond acceptors (Lipinski definition) is 6. The van der Waals surface area contributed by atoms with Crippen LogP contribution in [0.15, 0.2) is 66.0 Å². The monoisotopic (exact) mass is 506 g/mol. The van der Waals surface area contributed by atoms with Gasteiger partial charge in [-0.05, 0) is 49.6 Å². The van der Waals surface area contributed by atoms with Gasteiger partial charge in [-0.1, -0.05) is 18.2 Å². The third-order valence-electron chi connectivity index (χ3n) is 6.20. The quantitative estimate of drug-likeness (QED) is 0.425. The SMILES string of the molecule is O=S(=O)(NC1CCCC(n2c3ccccc3c3cncnc32)C1O)c1ccc(OC(F)(F)F)cc1. The Kier molecular flexibility index (Phi) is 5.90. The van der Waals surface area contributed by atoms with E-state index in [4.69, 9.17) is 0 Å². The Morgan fingerprint density at radius 2 is 1.80 bits per heavy atom. The number of aliphatic hydroxyl groups excluding tert-OH is 1. The molecular formula is C23H21F3N4O4S. The predicted molar refractivity (Wildman–Crippen MR) is 121 cm³/mol. The van der Waals surface area contributed by atoms with E-state index in [1.807, 2.05) is 28.8 Å². The lowest BCUT2D eigenvalue weighted by molar-refractivity contribution is -0.274. The van der Waals surface area contributed by atoms with Crippen LogP contribution in [0.4, 0.5) is 13.2 Å². The number of nitrogens with one attached hydrogen (secondary N) is 1. The fourth-order valence-corrected chi connectivity index (χ4v) is 6.01. The predicted octanol–water partition coefficient (Wildman–Crippen LogP) is 3.92. The van der Waals surface area contributed by atoms with E-state index in [-0.39, 0.29) is 4.90 Å².